The van der Waals surface area contributed by atoms with Gasteiger partial charge in [-0.05, 0) is 50.4 Å². The van der Waals surface area contributed by atoms with E-state index in [1.54, 1.807) is 10.9 Å². The minimum Gasteiger partial charge on any atom is -0.313 e. The van der Waals surface area contributed by atoms with Gasteiger partial charge < -0.3 is 5.32 Å². The van der Waals surface area contributed by atoms with Gasteiger partial charge in [0, 0.05) is 49.7 Å². The summed E-state index contributed by atoms with van der Waals surface area (Å²) in [5, 5.41) is 9.15. The summed E-state index contributed by atoms with van der Waals surface area (Å²) in [6.45, 7) is 8.68. The zero-order valence-electron chi connectivity index (χ0n) is 16.8. The summed E-state index contributed by atoms with van der Waals surface area (Å²) < 4.78 is 1.77. The number of rotatable bonds is 7. The van der Waals surface area contributed by atoms with Crippen molar-refractivity contribution in [1.29, 1.82) is 0 Å². The molecular weight excluding hydrogens is 358 g/mol. The Bertz CT molecular complexity index is 713. The molecule has 1 atom stereocenters. The highest BCUT2D eigenvalue weighted by molar-refractivity contribution is 6.30. The Kier molecular flexibility index (Phi) is 7.27. The van der Waals surface area contributed by atoms with Crippen molar-refractivity contribution in [1.82, 2.24) is 25.0 Å². The average Bonchev–Trinajstić information content (AvgIpc) is 2.82. The molecule has 1 unspecified atom stereocenters. The first-order valence-electron chi connectivity index (χ1n) is 10.1. The third-order valence-corrected chi connectivity index (χ3v) is 5.77. The molecule has 3 rings (SSSR count). The van der Waals surface area contributed by atoms with E-state index < -0.39 is 0 Å². The predicted molar refractivity (Wildman–Crippen MR) is 112 cm³/mol. The molecule has 2 aromatic rings. The lowest BCUT2D eigenvalue weighted by molar-refractivity contribution is 0.250. The van der Waals surface area contributed by atoms with E-state index in [1.165, 1.54) is 25.7 Å². The molecule has 3 heterocycles. The number of nitrogens with one attached hydrogen (secondary N) is 1. The van der Waals surface area contributed by atoms with Crippen LogP contribution in [-0.2, 0) is 13.6 Å². The molecule has 1 aliphatic heterocycles. The van der Waals surface area contributed by atoms with Crippen LogP contribution in [0.1, 0.15) is 45.1 Å². The van der Waals surface area contributed by atoms with Crippen molar-refractivity contribution in [3.05, 3.63) is 35.2 Å². The molecule has 27 heavy (non-hydrogen) atoms. The molecule has 5 nitrogen and oxygen atoms in total. The van der Waals surface area contributed by atoms with Gasteiger partial charge in [-0.25, -0.2) is 0 Å². The summed E-state index contributed by atoms with van der Waals surface area (Å²) in [6, 6.07) is 4.56. The zero-order chi connectivity index (χ0) is 19.2. The van der Waals surface area contributed by atoms with Gasteiger partial charge in [0.2, 0.25) is 0 Å². The fraction of sp³-hybridized carbons (Fsp3) is 0.619. The van der Waals surface area contributed by atoms with Crippen molar-refractivity contribution < 1.29 is 0 Å². The Hall–Kier alpha value is -1.43. The molecule has 0 aromatic carbocycles. The Morgan fingerprint density at radius 3 is 2.93 bits per heavy atom. The second-order valence-electron chi connectivity index (χ2n) is 8.05. The minimum absolute atomic E-state index is 0.559. The van der Waals surface area contributed by atoms with Gasteiger partial charge in [-0.2, -0.15) is 5.10 Å². The summed E-state index contributed by atoms with van der Waals surface area (Å²) in [5.74, 6) is 0.746. The van der Waals surface area contributed by atoms with Crippen LogP contribution in [0.5, 0.6) is 0 Å². The fourth-order valence-electron chi connectivity index (χ4n) is 3.75. The molecule has 1 saturated heterocycles. The summed E-state index contributed by atoms with van der Waals surface area (Å²) in [7, 11) is 1.91. The van der Waals surface area contributed by atoms with Gasteiger partial charge >= 0.3 is 0 Å². The van der Waals surface area contributed by atoms with Crippen molar-refractivity contribution in [2.75, 3.05) is 19.6 Å². The van der Waals surface area contributed by atoms with Gasteiger partial charge in [0.15, 0.2) is 0 Å². The SMILES string of the molecule is CC(C)CCNC1CCCCN(Cc2c(-c3cccnc3)nn(C)c2Cl)C1. The smallest absolute Gasteiger partial charge is 0.131 e. The topological polar surface area (TPSA) is 46.0 Å². The number of halogens is 1. The highest BCUT2D eigenvalue weighted by Crippen LogP contribution is 2.29. The molecule has 6 heteroatoms. The standard InChI is InChI=1S/C21H32ClN5/c1-16(2)9-11-24-18-8-4-5-12-27(14-18)15-19-20(25-26(3)21(19)22)17-7-6-10-23-13-17/h6-7,10,13,16,18,24H,4-5,8-9,11-12,14-15H2,1-3H3. The number of hydrogen-bond donors (Lipinski definition) is 1. The Morgan fingerprint density at radius 1 is 1.33 bits per heavy atom. The van der Waals surface area contributed by atoms with E-state index >= 15 is 0 Å². The first-order valence-corrected chi connectivity index (χ1v) is 10.5. The number of aryl methyl sites for hydroxylation is 1. The molecule has 1 fully saturated rings. The van der Waals surface area contributed by atoms with Crippen molar-refractivity contribution in [2.24, 2.45) is 13.0 Å². The van der Waals surface area contributed by atoms with E-state index in [0.717, 1.165) is 54.1 Å². The van der Waals surface area contributed by atoms with Crippen LogP contribution in [0.3, 0.4) is 0 Å². The van der Waals surface area contributed by atoms with E-state index in [9.17, 15) is 0 Å². The molecule has 1 N–H and O–H groups in total. The van der Waals surface area contributed by atoms with E-state index in [0.29, 0.717) is 6.04 Å². The van der Waals surface area contributed by atoms with Crippen LogP contribution >= 0.6 is 11.6 Å². The number of likely N-dealkylation sites (tertiary alicyclic amines) is 1. The first-order chi connectivity index (χ1) is 13.0. The third-order valence-electron chi connectivity index (χ3n) is 5.30. The minimum atomic E-state index is 0.559. The van der Waals surface area contributed by atoms with Crippen LogP contribution < -0.4 is 5.32 Å². The second-order valence-corrected chi connectivity index (χ2v) is 8.41. The maximum absolute atomic E-state index is 6.62. The van der Waals surface area contributed by atoms with Gasteiger partial charge in [0.05, 0.1) is 5.69 Å². The van der Waals surface area contributed by atoms with Crippen molar-refractivity contribution in [3.8, 4) is 11.3 Å². The first kappa shape index (κ1) is 20.3. The lowest BCUT2D eigenvalue weighted by Gasteiger charge is -2.25. The molecule has 1 aliphatic rings. The van der Waals surface area contributed by atoms with Crippen LogP contribution in [0.25, 0.3) is 11.3 Å². The summed E-state index contributed by atoms with van der Waals surface area (Å²) in [6.07, 6.45) is 8.66. The molecule has 0 spiro atoms. The Balaban J connectivity index is 1.72. The number of aromatic nitrogens is 3. The van der Waals surface area contributed by atoms with Gasteiger partial charge in [0.25, 0.3) is 0 Å². The molecule has 2 aromatic heterocycles. The number of hydrogen-bond acceptors (Lipinski definition) is 4. The van der Waals surface area contributed by atoms with Gasteiger partial charge in [-0.3, -0.25) is 14.6 Å². The van der Waals surface area contributed by atoms with Crippen molar-refractivity contribution in [2.45, 2.75) is 52.1 Å². The van der Waals surface area contributed by atoms with Crippen LogP contribution in [-0.4, -0.2) is 45.3 Å². The summed E-state index contributed by atoms with van der Waals surface area (Å²) >= 11 is 6.62. The summed E-state index contributed by atoms with van der Waals surface area (Å²) in [5.41, 5.74) is 3.08. The zero-order valence-corrected chi connectivity index (χ0v) is 17.5. The monoisotopic (exact) mass is 389 g/mol. The largest absolute Gasteiger partial charge is 0.313 e. The lowest BCUT2D eigenvalue weighted by atomic mass is 10.1. The molecule has 0 amide bonds. The predicted octanol–water partition coefficient (Wildman–Crippen LogP) is 4.13. The van der Waals surface area contributed by atoms with Crippen LogP contribution in [0.2, 0.25) is 5.15 Å². The van der Waals surface area contributed by atoms with Crippen molar-refractivity contribution in [3.63, 3.8) is 0 Å². The van der Waals surface area contributed by atoms with Crippen LogP contribution in [0.4, 0.5) is 0 Å². The van der Waals surface area contributed by atoms with Crippen LogP contribution in [0, 0.1) is 5.92 Å². The van der Waals surface area contributed by atoms with Gasteiger partial charge in [-0.15, -0.1) is 0 Å². The molecule has 0 saturated carbocycles. The molecule has 0 bridgehead atoms. The molecule has 0 radical (unpaired) electrons. The molecule has 0 aliphatic carbocycles. The average molecular weight is 390 g/mol. The fourth-order valence-corrected chi connectivity index (χ4v) is 3.94. The number of pyridine rings is 1. The van der Waals surface area contributed by atoms with Crippen LogP contribution in [0.15, 0.2) is 24.5 Å². The molecular formula is C21H32ClN5. The Labute approximate surface area is 168 Å². The highest BCUT2D eigenvalue weighted by Gasteiger charge is 2.23. The van der Waals surface area contributed by atoms with E-state index in [-0.39, 0.29) is 0 Å². The molecule has 148 valence electrons. The maximum Gasteiger partial charge on any atom is 0.131 e. The van der Waals surface area contributed by atoms with E-state index in [4.69, 9.17) is 11.6 Å². The lowest BCUT2D eigenvalue weighted by Crippen LogP contribution is -2.40. The van der Waals surface area contributed by atoms with E-state index in [2.05, 4.69) is 34.1 Å². The second kappa shape index (κ2) is 9.67. The maximum atomic E-state index is 6.62. The van der Waals surface area contributed by atoms with Gasteiger partial charge in [-0.1, -0.05) is 31.9 Å². The normalized spacial score (nSPS) is 18.8. The third kappa shape index (κ3) is 5.53. The van der Waals surface area contributed by atoms with Gasteiger partial charge in [0.1, 0.15) is 5.15 Å². The number of nitrogens with zero attached hydrogens (tertiary/aromatic N) is 4. The van der Waals surface area contributed by atoms with E-state index in [1.807, 2.05) is 25.4 Å². The quantitative estimate of drug-likeness (QED) is 0.773. The Morgan fingerprint density at radius 2 is 2.19 bits per heavy atom. The summed E-state index contributed by atoms with van der Waals surface area (Å²) in [4.78, 5) is 6.78. The van der Waals surface area contributed by atoms with Crippen molar-refractivity contribution >= 4 is 11.6 Å². The highest BCUT2D eigenvalue weighted by atomic mass is 35.5.